The summed E-state index contributed by atoms with van der Waals surface area (Å²) in [5.74, 6) is 1.64. The van der Waals surface area contributed by atoms with Crippen molar-refractivity contribution in [1.82, 2.24) is 20.3 Å². The molecule has 4 rings (SSSR count). The van der Waals surface area contributed by atoms with Crippen LogP contribution < -0.4 is 5.32 Å². The van der Waals surface area contributed by atoms with Crippen LogP contribution in [-0.4, -0.2) is 32.9 Å². The van der Waals surface area contributed by atoms with E-state index in [0.29, 0.717) is 4.88 Å². The summed E-state index contributed by atoms with van der Waals surface area (Å²) in [5.41, 5.74) is 3.72. The first-order valence-corrected chi connectivity index (χ1v) is 12.1. The topological polar surface area (TPSA) is 70.7 Å². The second-order valence-corrected chi connectivity index (χ2v) is 9.16. The summed E-state index contributed by atoms with van der Waals surface area (Å²) in [4.78, 5) is 26.3. The van der Waals surface area contributed by atoms with Gasteiger partial charge in [0.05, 0.1) is 22.8 Å². The Morgan fingerprint density at radius 3 is 2.89 bits per heavy atom. The molecular formula is C20H20N4OS3. The van der Waals surface area contributed by atoms with E-state index in [2.05, 4.69) is 26.9 Å². The third-order valence-electron chi connectivity index (χ3n) is 4.42. The molecule has 0 saturated carbocycles. The number of aromatic nitrogens is 3. The maximum atomic E-state index is 13.0. The van der Waals surface area contributed by atoms with Crippen LogP contribution in [0.3, 0.4) is 0 Å². The summed E-state index contributed by atoms with van der Waals surface area (Å²) < 4.78 is 0. The number of hydrogen-bond acceptors (Lipinski definition) is 6. The van der Waals surface area contributed by atoms with E-state index in [4.69, 9.17) is 4.98 Å². The van der Waals surface area contributed by atoms with Crippen LogP contribution in [0.25, 0.3) is 21.6 Å². The lowest BCUT2D eigenvalue weighted by molar-refractivity contribution is 0.0937. The maximum Gasteiger partial charge on any atom is 0.263 e. The van der Waals surface area contributed by atoms with Gasteiger partial charge >= 0.3 is 0 Å². The lowest BCUT2D eigenvalue weighted by Gasteiger charge is -2.16. The highest BCUT2D eigenvalue weighted by Crippen LogP contribution is 2.30. The molecule has 0 saturated heterocycles. The molecule has 0 aliphatic rings. The second-order valence-electron chi connectivity index (χ2n) is 6.39. The standard InChI is InChI=1S/C20H20N4OS3/c1-12-17(28-20(21-12)13-7-10-27-11-13)19(25)24-16(8-9-26-2)18-22-14-5-3-4-6-15(14)23-18/h3-7,10-11,16H,8-9H2,1-2H3,(H,22,23)(H,24,25)/t16-/m0/s1. The first-order valence-electron chi connectivity index (χ1n) is 8.90. The van der Waals surface area contributed by atoms with Crippen molar-refractivity contribution in [2.24, 2.45) is 0 Å². The van der Waals surface area contributed by atoms with Crippen LogP contribution in [0.15, 0.2) is 41.1 Å². The first kappa shape index (κ1) is 19.2. The number of aromatic amines is 1. The molecule has 2 N–H and O–H groups in total. The zero-order valence-electron chi connectivity index (χ0n) is 15.6. The third kappa shape index (κ3) is 3.99. The molecule has 1 aromatic carbocycles. The average molecular weight is 429 g/mol. The Kier molecular flexibility index (Phi) is 5.79. The highest BCUT2D eigenvalue weighted by molar-refractivity contribution is 7.98. The molecule has 1 atom stereocenters. The van der Waals surface area contributed by atoms with E-state index in [1.165, 1.54) is 11.3 Å². The number of para-hydroxylation sites is 2. The van der Waals surface area contributed by atoms with Crippen molar-refractivity contribution in [3.63, 3.8) is 0 Å². The average Bonchev–Trinajstić information content (AvgIpc) is 3.43. The summed E-state index contributed by atoms with van der Waals surface area (Å²) in [6.45, 7) is 1.89. The summed E-state index contributed by atoms with van der Waals surface area (Å²) in [6, 6.07) is 9.78. The van der Waals surface area contributed by atoms with E-state index in [1.54, 1.807) is 23.1 Å². The molecule has 4 aromatic rings. The van der Waals surface area contributed by atoms with E-state index in [1.807, 2.05) is 42.6 Å². The number of aryl methyl sites for hydroxylation is 1. The normalized spacial score (nSPS) is 12.4. The predicted molar refractivity (Wildman–Crippen MR) is 119 cm³/mol. The van der Waals surface area contributed by atoms with Crippen molar-refractivity contribution in [3.05, 3.63) is 57.5 Å². The molecular weight excluding hydrogens is 408 g/mol. The molecule has 3 heterocycles. The zero-order valence-corrected chi connectivity index (χ0v) is 18.0. The van der Waals surface area contributed by atoms with E-state index >= 15 is 0 Å². The van der Waals surface area contributed by atoms with Crippen LogP contribution in [-0.2, 0) is 0 Å². The Labute approximate surface area is 175 Å². The minimum Gasteiger partial charge on any atom is -0.341 e. The van der Waals surface area contributed by atoms with Crippen molar-refractivity contribution in [3.8, 4) is 10.6 Å². The van der Waals surface area contributed by atoms with Crippen LogP contribution in [0.4, 0.5) is 0 Å². The number of benzene rings is 1. The number of nitrogens with zero attached hydrogens (tertiary/aromatic N) is 2. The van der Waals surface area contributed by atoms with Crippen LogP contribution in [0.5, 0.6) is 0 Å². The number of amides is 1. The predicted octanol–water partition coefficient (Wildman–Crippen LogP) is 5.28. The van der Waals surface area contributed by atoms with Gasteiger partial charge in [0.2, 0.25) is 0 Å². The zero-order chi connectivity index (χ0) is 19.5. The van der Waals surface area contributed by atoms with Gasteiger partial charge in [-0.1, -0.05) is 12.1 Å². The van der Waals surface area contributed by atoms with Gasteiger partial charge in [-0.3, -0.25) is 4.79 Å². The number of carbonyl (C=O) groups excluding carboxylic acids is 1. The van der Waals surface area contributed by atoms with Gasteiger partial charge in [0.15, 0.2) is 0 Å². The van der Waals surface area contributed by atoms with Crippen LogP contribution in [0.1, 0.15) is 33.7 Å². The lowest BCUT2D eigenvalue weighted by atomic mass is 10.2. The summed E-state index contributed by atoms with van der Waals surface area (Å²) in [5, 5.41) is 8.13. The van der Waals surface area contributed by atoms with Crippen LogP contribution in [0, 0.1) is 6.92 Å². The quantitative estimate of drug-likeness (QED) is 0.420. The van der Waals surface area contributed by atoms with Gasteiger partial charge in [-0.05, 0) is 48.9 Å². The van der Waals surface area contributed by atoms with Crippen LogP contribution >= 0.6 is 34.4 Å². The molecule has 0 spiro atoms. The molecule has 5 nitrogen and oxygen atoms in total. The van der Waals surface area contributed by atoms with Crippen molar-refractivity contribution >= 4 is 51.4 Å². The van der Waals surface area contributed by atoms with Gasteiger partial charge in [0, 0.05) is 10.9 Å². The number of thiazole rings is 1. The van der Waals surface area contributed by atoms with Gasteiger partial charge in [-0.15, -0.1) is 11.3 Å². The molecule has 1 amide bonds. The minimum absolute atomic E-state index is 0.0944. The van der Waals surface area contributed by atoms with E-state index in [9.17, 15) is 4.79 Å². The fourth-order valence-corrected chi connectivity index (χ4v) is 5.14. The Morgan fingerprint density at radius 2 is 2.14 bits per heavy atom. The van der Waals surface area contributed by atoms with Gasteiger partial charge in [-0.25, -0.2) is 9.97 Å². The number of fused-ring (bicyclic) bond motifs is 1. The van der Waals surface area contributed by atoms with Gasteiger partial charge in [0.1, 0.15) is 15.7 Å². The molecule has 28 heavy (non-hydrogen) atoms. The number of thiophene rings is 1. The second kappa shape index (κ2) is 8.46. The van der Waals surface area contributed by atoms with E-state index < -0.39 is 0 Å². The number of carbonyl (C=O) groups is 1. The number of nitrogens with one attached hydrogen (secondary N) is 2. The first-order chi connectivity index (χ1) is 13.7. The van der Waals surface area contributed by atoms with Gasteiger partial charge in [-0.2, -0.15) is 23.1 Å². The number of imidazole rings is 1. The van der Waals surface area contributed by atoms with Crippen molar-refractivity contribution in [2.75, 3.05) is 12.0 Å². The molecule has 0 unspecified atom stereocenters. The van der Waals surface area contributed by atoms with Crippen molar-refractivity contribution in [2.45, 2.75) is 19.4 Å². The highest BCUT2D eigenvalue weighted by Gasteiger charge is 2.22. The Balaban J connectivity index is 1.59. The molecule has 0 radical (unpaired) electrons. The molecule has 0 fully saturated rings. The van der Waals surface area contributed by atoms with Crippen molar-refractivity contribution in [1.29, 1.82) is 0 Å². The Bertz CT molecular complexity index is 1050. The highest BCUT2D eigenvalue weighted by atomic mass is 32.2. The lowest BCUT2D eigenvalue weighted by Crippen LogP contribution is -2.29. The molecule has 0 aliphatic heterocycles. The SMILES string of the molecule is CSCC[C@H](NC(=O)c1sc(-c2ccsc2)nc1C)c1nc2ccccc2[nH]1. The summed E-state index contributed by atoms with van der Waals surface area (Å²) in [7, 11) is 0. The molecule has 144 valence electrons. The van der Waals surface area contributed by atoms with Gasteiger partial charge in [0.25, 0.3) is 5.91 Å². The number of rotatable bonds is 7. The van der Waals surface area contributed by atoms with Crippen LogP contribution in [0.2, 0.25) is 0 Å². The summed E-state index contributed by atoms with van der Waals surface area (Å²) >= 11 is 4.83. The molecule has 3 aromatic heterocycles. The smallest absolute Gasteiger partial charge is 0.263 e. The summed E-state index contributed by atoms with van der Waals surface area (Å²) in [6.07, 6.45) is 2.87. The van der Waals surface area contributed by atoms with Crippen molar-refractivity contribution < 1.29 is 4.79 Å². The minimum atomic E-state index is -0.168. The monoisotopic (exact) mass is 428 g/mol. The Hall–Kier alpha value is -2.16. The third-order valence-corrected chi connectivity index (χ3v) is 6.96. The largest absolute Gasteiger partial charge is 0.341 e. The molecule has 0 aliphatic carbocycles. The number of hydrogen-bond donors (Lipinski definition) is 2. The van der Waals surface area contributed by atoms with E-state index in [-0.39, 0.29) is 11.9 Å². The fourth-order valence-electron chi connectivity index (χ4n) is 2.99. The number of H-pyrrole nitrogens is 1. The Morgan fingerprint density at radius 1 is 1.29 bits per heavy atom. The molecule has 8 heteroatoms. The number of thioether (sulfide) groups is 1. The molecule has 0 bridgehead atoms. The fraction of sp³-hybridized carbons (Fsp3) is 0.250. The maximum absolute atomic E-state index is 13.0. The van der Waals surface area contributed by atoms with Gasteiger partial charge < -0.3 is 10.3 Å². The van der Waals surface area contributed by atoms with E-state index in [0.717, 1.165) is 45.3 Å².